The first kappa shape index (κ1) is 10.5. The molecule has 1 saturated heterocycles. The van der Waals surface area contributed by atoms with Crippen LogP contribution in [0.1, 0.15) is 31.7 Å². The van der Waals surface area contributed by atoms with Gasteiger partial charge in [0.1, 0.15) is 5.75 Å². The van der Waals surface area contributed by atoms with E-state index >= 15 is 0 Å². The zero-order chi connectivity index (χ0) is 10.7. The van der Waals surface area contributed by atoms with Gasteiger partial charge in [-0.25, -0.2) is 0 Å². The van der Waals surface area contributed by atoms with Gasteiger partial charge in [0.2, 0.25) is 0 Å². The average molecular weight is 205 g/mol. The molecule has 1 aromatic rings. The van der Waals surface area contributed by atoms with Crippen LogP contribution in [0.5, 0.6) is 5.75 Å². The van der Waals surface area contributed by atoms with E-state index in [4.69, 9.17) is 0 Å². The molecule has 1 aromatic carbocycles. The summed E-state index contributed by atoms with van der Waals surface area (Å²) in [5.41, 5.74) is 1.05. The quantitative estimate of drug-likeness (QED) is 0.802. The molecule has 2 nitrogen and oxygen atoms in total. The third-order valence-corrected chi connectivity index (χ3v) is 3.31. The Morgan fingerprint density at radius 1 is 1.33 bits per heavy atom. The van der Waals surface area contributed by atoms with E-state index < -0.39 is 0 Å². The summed E-state index contributed by atoms with van der Waals surface area (Å²) < 4.78 is 0. The van der Waals surface area contributed by atoms with Crippen molar-refractivity contribution in [2.45, 2.75) is 38.8 Å². The molecule has 1 aliphatic heterocycles. The Morgan fingerprint density at radius 3 is 2.87 bits per heavy atom. The molecule has 0 aromatic heterocycles. The number of hydrogen-bond acceptors (Lipinski definition) is 2. The summed E-state index contributed by atoms with van der Waals surface area (Å²) in [5.74, 6) is 0.426. The molecular weight excluding hydrogens is 186 g/mol. The fourth-order valence-corrected chi connectivity index (χ4v) is 2.26. The molecule has 1 N–H and O–H groups in total. The molecule has 1 atom stereocenters. The maximum atomic E-state index is 9.70. The van der Waals surface area contributed by atoms with Crippen LogP contribution in [0.15, 0.2) is 24.3 Å². The van der Waals surface area contributed by atoms with Gasteiger partial charge in [-0.3, -0.25) is 4.90 Å². The molecule has 1 fully saturated rings. The van der Waals surface area contributed by atoms with Crippen LogP contribution in [0.2, 0.25) is 0 Å². The number of rotatable bonds is 2. The Kier molecular flexibility index (Phi) is 3.27. The lowest BCUT2D eigenvalue weighted by Gasteiger charge is -2.33. The zero-order valence-corrected chi connectivity index (χ0v) is 9.32. The highest BCUT2D eigenvalue weighted by Gasteiger charge is 2.18. The smallest absolute Gasteiger partial charge is 0.120 e. The second kappa shape index (κ2) is 4.67. The minimum Gasteiger partial charge on any atom is -0.508 e. The van der Waals surface area contributed by atoms with Gasteiger partial charge in [0.25, 0.3) is 0 Å². The van der Waals surface area contributed by atoms with Crippen molar-refractivity contribution in [1.29, 1.82) is 0 Å². The van der Waals surface area contributed by atoms with E-state index in [9.17, 15) is 5.11 Å². The highest BCUT2D eigenvalue weighted by molar-refractivity contribution is 5.31. The molecule has 1 unspecified atom stereocenters. The van der Waals surface area contributed by atoms with Gasteiger partial charge in [0.05, 0.1) is 0 Å². The lowest BCUT2D eigenvalue weighted by Crippen LogP contribution is -2.36. The summed E-state index contributed by atoms with van der Waals surface area (Å²) in [5, 5.41) is 9.70. The molecule has 2 rings (SSSR count). The van der Waals surface area contributed by atoms with Gasteiger partial charge in [0, 0.05) is 18.2 Å². The van der Waals surface area contributed by atoms with E-state index in [1.165, 1.54) is 19.3 Å². The lowest BCUT2D eigenvalue weighted by molar-refractivity contribution is 0.151. The summed E-state index contributed by atoms with van der Waals surface area (Å²) in [7, 11) is 0. The molecule has 0 bridgehead atoms. The van der Waals surface area contributed by atoms with Gasteiger partial charge in [-0.05, 0) is 32.4 Å². The van der Waals surface area contributed by atoms with Gasteiger partial charge < -0.3 is 5.11 Å². The summed E-state index contributed by atoms with van der Waals surface area (Å²) in [6.07, 6.45) is 3.92. The zero-order valence-electron chi connectivity index (χ0n) is 9.32. The van der Waals surface area contributed by atoms with Crippen LogP contribution in [0.4, 0.5) is 0 Å². The van der Waals surface area contributed by atoms with Crippen LogP contribution in [0.3, 0.4) is 0 Å². The summed E-state index contributed by atoms with van der Waals surface area (Å²) in [6.45, 7) is 4.32. The lowest BCUT2D eigenvalue weighted by atomic mass is 10.0. The Labute approximate surface area is 91.5 Å². The molecule has 82 valence electrons. The second-order valence-corrected chi connectivity index (χ2v) is 4.44. The third kappa shape index (κ3) is 2.51. The van der Waals surface area contributed by atoms with Crippen LogP contribution in [-0.2, 0) is 6.54 Å². The van der Waals surface area contributed by atoms with Crippen molar-refractivity contribution in [3.05, 3.63) is 29.8 Å². The minimum absolute atomic E-state index is 0.426. The summed E-state index contributed by atoms with van der Waals surface area (Å²) >= 11 is 0. The average Bonchev–Trinajstić information content (AvgIpc) is 2.24. The first-order chi connectivity index (χ1) is 7.27. The highest BCUT2D eigenvalue weighted by atomic mass is 16.3. The van der Waals surface area contributed by atoms with Crippen molar-refractivity contribution in [2.24, 2.45) is 0 Å². The number of hydrogen-bond donors (Lipinski definition) is 1. The van der Waals surface area contributed by atoms with Gasteiger partial charge in [-0.1, -0.05) is 24.6 Å². The van der Waals surface area contributed by atoms with Crippen LogP contribution in [-0.4, -0.2) is 22.6 Å². The number of benzene rings is 1. The number of aromatic hydroxyl groups is 1. The van der Waals surface area contributed by atoms with Crippen LogP contribution in [0, 0.1) is 0 Å². The molecule has 1 heterocycles. The molecule has 0 amide bonds. The number of para-hydroxylation sites is 1. The third-order valence-electron chi connectivity index (χ3n) is 3.31. The highest BCUT2D eigenvalue weighted by Crippen LogP contribution is 2.23. The van der Waals surface area contributed by atoms with Crippen molar-refractivity contribution in [3.8, 4) is 5.75 Å². The van der Waals surface area contributed by atoms with E-state index in [0.717, 1.165) is 18.7 Å². The fourth-order valence-electron chi connectivity index (χ4n) is 2.26. The van der Waals surface area contributed by atoms with E-state index in [1.807, 2.05) is 18.2 Å². The molecule has 2 heteroatoms. The fraction of sp³-hybridized carbons (Fsp3) is 0.538. The van der Waals surface area contributed by atoms with Crippen molar-refractivity contribution in [3.63, 3.8) is 0 Å². The topological polar surface area (TPSA) is 23.5 Å². The normalized spacial score (nSPS) is 22.9. The minimum atomic E-state index is 0.426. The van der Waals surface area contributed by atoms with Gasteiger partial charge >= 0.3 is 0 Å². The SMILES string of the molecule is CC1CCCCN1Cc1ccccc1O. The van der Waals surface area contributed by atoms with Crippen molar-refractivity contribution >= 4 is 0 Å². The van der Waals surface area contributed by atoms with Gasteiger partial charge in [-0.2, -0.15) is 0 Å². The van der Waals surface area contributed by atoms with E-state index in [1.54, 1.807) is 6.07 Å². The molecule has 0 spiro atoms. The number of phenols is 1. The molecule has 0 aliphatic carbocycles. The Hall–Kier alpha value is -1.02. The summed E-state index contributed by atoms with van der Waals surface area (Å²) in [6, 6.07) is 8.29. The molecule has 15 heavy (non-hydrogen) atoms. The molecule has 0 radical (unpaired) electrons. The summed E-state index contributed by atoms with van der Waals surface area (Å²) in [4.78, 5) is 2.46. The van der Waals surface area contributed by atoms with Crippen LogP contribution in [0.25, 0.3) is 0 Å². The maximum Gasteiger partial charge on any atom is 0.120 e. The van der Waals surface area contributed by atoms with E-state index in [2.05, 4.69) is 11.8 Å². The monoisotopic (exact) mass is 205 g/mol. The predicted molar refractivity (Wildman–Crippen MR) is 61.8 cm³/mol. The van der Waals surface area contributed by atoms with Gasteiger partial charge in [-0.15, -0.1) is 0 Å². The number of piperidine rings is 1. The van der Waals surface area contributed by atoms with Gasteiger partial charge in [0.15, 0.2) is 0 Å². The largest absolute Gasteiger partial charge is 0.508 e. The Bertz CT molecular complexity index is 324. The van der Waals surface area contributed by atoms with E-state index in [-0.39, 0.29) is 0 Å². The molecule has 0 saturated carbocycles. The Morgan fingerprint density at radius 2 is 2.13 bits per heavy atom. The van der Waals surface area contributed by atoms with Crippen molar-refractivity contribution in [1.82, 2.24) is 4.90 Å². The van der Waals surface area contributed by atoms with Crippen molar-refractivity contribution in [2.75, 3.05) is 6.54 Å². The molecular formula is C13H19NO. The second-order valence-electron chi connectivity index (χ2n) is 4.44. The number of nitrogens with zero attached hydrogens (tertiary/aromatic N) is 1. The van der Waals surface area contributed by atoms with Crippen molar-refractivity contribution < 1.29 is 5.11 Å². The van der Waals surface area contributed by atoms with Crippen LogP contribution < -0.4 is 0 Å². The first-order valence-corrected chi connectivity index (χ1v) is 5.78. The van der Waals surface area contributed by atoms with Crippen LogP contribution >= 0.6 is 0 Å². The van der Waals surface area contributed by atoms with E-state index in [0.29, 0.717) is 11.8 Å². The first-order valence-electron chi connectivity index (χ1n) is 5.78. The predicted octanol–water partition coefficient (Wildman–Crippen LogP) is 2.77. The standard InChI is InChI=1S/C13H19NO/c1-11-6-4-5-9-14(11)10-12-7-2-3-8-13(12)15/h2-3,7-8,11,15H,4-6,9-10H2,1H3. The molecule has 1 aliphatic rings. The number of phenolic OH excluding ortho intramolecular Hbond substituents is 1. The number of likely N-dealkylation sites (tertiary alicyclic amines) is 1. The maximum absolute atomic E-state index is 9.70. The Balaban J connectivity index is 2.04.